The van der Waals surface area contributed by atoms with Crippen LogP contribution in [0.3, 0.4) is 0 Å². The lowest BCUT2D eigenvalue weighted by Gasteiger charge is -2.23. The molecule has 0 bridgehead atoms. The van der Waals surface area contributed by atoms with Crippen molar-refractivity contribution in [3.05, 3.63) is 0 Å². The number of amides is 1. The molecule has 1 aliphatic carbocycles. The van der Waals surface area contributed by atoms with Gasteiger partial charge in [0.2, 0.25) is 0 Å². The summed E-state index contributed by atoms with van der Waals surface area (Å²) in [5.74, 6) is -1.12. The summed E-state index contributed by atoms with van der Waals surface area (Å²) in [7, 11) is 0. The van der Waals surface area contributed by atoms with E-state index in [1.807, 2.05) is 0 Å². The van der Waals surface area contributed by atoms with E-state index in [1.165, 1.54) is 0 Å². The van der Waals surface area contributed by atoms with Gasteiger partial charge in [-0.05, 0) is 40.0 Å². The van der Waals surface area contributed by atoms with E-state index < -0.39 is 17.7 Å². The van der Waals surface area contributed by atoms with Crippen LogP contribution in [0.5, 0.6) is 0 Å². The number of carboxylic acids is 1. The first kappa shape index (κ1) is 14.8. The van der Waals surface area contributed by atoms with Crippen molar-refractivity contribution in [3.8, 4) is 0 Å². The second-order valence-electron chi connectivity index (χ2n) is 5.90. The number of ether oxygens (including phenoxy) is 1. The van der Waals surface area contributed by atoms with Crippen molar-refractivity contribution in [3.63, 3.8) is 0 Å². The second-order valence-corrected chi connectivity index (χ2v) is 5.90. The quantitative estimate of drug-likeness (QED) is 0.745. The zero-order valence-electron chi connectivity index (χ0n) is 11.4. The first-order valence-electron chi connectivity index (χ1n) is 6.50. The van der Waals surface area contributed by atoms with Crippen molar-refractivity contribution in [2.24, 2.45) is 5.92 Å². The molecule has 18 heavy (non-hydrogen) atoms. The van der Waals surface area contributed by atoms with Crippen LogP contribution in [0.15, 0.2) is 0 Å². The van der Waals surface area contributed by atoms with Gasteiger partial charge in [0, 0.05) is 6.04 Å². The Labute approximate surface area is 108 Å². The minimum atomic E-state index is -0.770. The Morgan fingerprint density at radius 1 is 1.22 bits per heavy atom. The Morgan fingerprint density at radius 3 is 2.39 bits per heavy atom. The lowest BCUT2D eigenvalue weighted by atomic mass is 9.98. The third-order valence-corrected chi connectivity index (χ3v) is 2.99. The predicted octanol–water partition coefficient (Wildman–Crippen LogP) is 2.54. The number of alkyl carbamates (subject to hydrolysis) is 1. The molecule has 1 rings (SSSR count). The third-order valence-electron chi connectivity index (χ3n) is 2.99. The van der Waals surface area contributed by atoms with Crippen LogP contribution < -0.4 is 5.32 Å². The third kappa shape index (κ3) is 5.38. The second kappa shape index (κ2) is 6.07. The largest absolute Gasteiger partial charge is 0.481 e. The van der Waals surface area contributed by atoms with Gasteiger partial charge in [-0.15, -0.1) is 0 Å². The van der Waals surface area contributed by atoms with E-state index in [9.17, 15) is 9.59 Å². The van der Waals surface area contributed by atoms with Crippen LogP contribution in [-0.4, -0.2) is 28.8 Å². The Morgan fingerprint density at radius 2 is 1.83 bits per heavy atom. The number of hydrogen-bond acceptors (Lipinski definition) is 3. The molecule has 1 fully saturated rings. The van der Waals surface area contributed by atoms with Crippen LogP contribution in [0.25, 0.3) is 0 Å². The molecule has 2 atom stereocenters. The van der Waals surface area contributed by atoms with E-state index in [1.54, 1.807) is 20.8 Å². The zero-order chi connectivity index (χ0) is 13.8. The molecule has 0 spiro atoms. The highest BCUT2D eigenvalue weighted by atomic mass is 16.6. The molecule has 2 N–H and O–H groups in total. The minimum Gasteiger partial charge on any atom is -0.481 e. The summed E-state index contributed by atoms with van der Waals surface area (Å²) in [6, 6.07) is -0.0940. The van der Waals surface area contributed by atoms with Gasteiger partial charge in [-0.1, -0.05) is 12.8 Å². The highest BCUT2D eigenvalue weighted by Gasteiger charge is 2.27. The molecule has 0 aliphatic heterocycles. The van der Waals surface area contributed by atoms with E-state index in [4.69, 9.17) is 9.84 Å². The first-order chi connectivity index (χ1) is 8.28. The number of nitrogens with one attached hydrogen (secondary N) is 1. The number of hydrogen-bond donors (Lipinski definition) is 2. The summed E-state index contributed by atoms with van der Waals surface area (Å²) in [6.07, 6.45) is 3.41. The molecule has 1 saturated carbocycles. The topological polar surface area (TPSA) is 75.6 Å². The number of aliphatic carboxylic acids is 1. The average Bonchev–Trinajstić information content (AvgIpc) is 2.40. The molecule has 1 amide bonds. The molecular formula is C13H23NO4. The SMILES string of the molecule is CC(C)(C)OC(=O)N[C@H]1CCCC[C@H](C(=O)O)C1. The molecule has 0 unspecified atom stereocenters. The molecule has 0 saturated heterocycles. The fourth-order valence-electron chi connectivity index (χ4n) is 2.19. The van der Waals surface area contributed by atoms with Crippen LogP contribution >= 0.6 is 0 Å². The molecule has 0 heterocycles. The summed E-state index contributed by atoms with van der Waals surface area (Å²) in [5, 5.41) is 11.8. The van der Waals surface area contributed by atoms with Crippen molar-refractivity contribution in [2.45, 2.75) is 64.5 Å². The molecule has 5 nitrogen and oxygen atoms in total. The van der Waals surface area contributed by atoms with E-state index in [-0.39, 0.29) is 12.0 Å². The average molecular weight is 257 g/mol. The van der Waals surface area contributed by atoms with Crippen LogP contribution in [-0.2, 0) is 9.53 Å². The molecule has 0 aromatic carbocycles. The van der Waals surface area contributed by atoms with E-state index in [2.05, 4.69) is 5.32 Å². The van der Waals surface area contributed by atoms with Crippen molar-refractivity contribution < 1.29 is 19.4 Å². The molecular weight excluding hydrogens is 234 g/mol. The summed E-state index contributed by atoms with van der Waals surface area (Å²) in [5.41, 5.74) is -0.527. The van der Waals surface area contributed by atoms with Gasteiger partial charge in [-0.2, -0.15) is 0 Å². The number of carbonyl (C=O) groups is 2. The zero-order valence-corrected chi connectivity index (χ0v) is 11.4. The van der Waals surface area contributed by atoms with Gasteiger partial charge >= 0.3 is 12.1 Å². The number of rotatable bonds is 2. The molecule has 0 aromatic heterocycles. The normalized spacial score (nSPS) is 25.1. The van der Waals surface area contributed by atoms with Crippen LogP contribution in [0, 0.1) is 5.92 Å². The Balaban J connectivity index is 2.49. The van der Waals surface area contributed by atoms with E-state index >= 15 is 0 Å². The summed E-state index contributed by atoms with van der Waals surface area (Å²) >= 11 is 0. The molecule has 0 radical (unpaired) electrons. The highest BCUT2D eigenvalue weighted by Crippen LogP contribution is 2.23. The first-order valence-corrected chi connectivity index (χ1v) is 6.50. The Bertz CT molecular complexity index is 309. The predicted molar refractivity (Wildman–Crippen MR) is 67.4 cm³/mol. The smallest absolute Gasteiger partial charge is 0.407 e. The summed E-state index contributed by atoms with van der Waals surface area (Å²) in [4.78, 5) is 22.7. The van der Waals surface area contributed by atoms with Crippen molar-refractivity contribution in [1.29, 1.82) is 0 Å². The van der Waals surface area contributed by atoms with E-state index in [0.717, 1.165) is 19.3 Å². The van der Waals surface area contributed by atoms with Crippen LogP contribution in [0.1, 0.15) is 52.9 Å². The maximum Gasteiger partial charge on any atom is 0.407 e. The molecule has 104 valence electrons. The summed E-state index contributed by atoms with van der Waals surface area (Å²) < 4.78 is 5.18. The maximum absolute atomic E-state index is 11.6. The number of carboxylic acid groups (broad SMARTS) is 1. The van der Waals surface area contributed by atoms with Gasteiger partial charge in [0.1, 0.15) is 5.60 Å². The van der Waals surface area contributed by atoms with Crippen molar-refractivity contribution >= 4 is 12.1 Å². The molecule has 0 aromatic rings. The van der Waals surface area contributed by atoms with Gasteiger partial charge in [-0.25, -0.2) is 4.79 Å². The molecule has 1 aliphatic rings. The van der Waals surface area contributed by atoms with Crippen molar-refractivity contribution in [1.82, 2.24) is 5.32 Å². The number of carbonyl (C=O) groups excluding carboxylic acids is 1. The molecule has 5 heteroatoms. The Kier molecular flexibility index (Phi) is 4.99. The maximum atomic E-state index is 11.6. The highest BCUT2D eigenvalue weighted by molar-refractivity contribution is 5.71. The van der Waals surface area contributed by atoms with Gasteiger partial charge < -0.3 is 15.2 Å². The standard InChI is InChI=1S/C13H23NO4/c1-13(2,3)18-12(17)14-10-7-5-4-6-9(8-10)11(15)16/h9-10H,4-8H2,1-3H3,(H,14,17)(H,15,16)/t9-,10-/m0/s1. The van der Waals surface area contributed by atoms with Crippen molar-refractivity contribution in [2.75, 3.05) is 0 Å². The Hall–Kier alpha value is -1.26. The fourth-order valence-corrected chi connectivity index (χ4v) is 2.19. The van der Waals surface area contributed by atoms with Crippen LogP contribution in [0.2, 0.25) is 0 Å². The fraction of sp³-hybridized carbons (Fsp3) is 0.846. The monoisotopic (exact) mass is 257 g/mol. The lowest BCUT2D eigenvalue weighted by Crippen LogP contribution is -2.40. The van der Waals surface area contributed by atoms with Gasteiger partial charge in [0.15, 0.2) is 0 Å². The minimum absolute atomic E-state index is 0.0940. The van der Waals surface area contributed by atoms with Gasteiger partial charge in [-0.3, -0.25) is 4.79 Å². The van der Waals surface area contributed by atoms with Gasteiger partial charge in [0.25, 0.3) is 0 Å². The van der Waals surface area contributed by atoms with Gasteiger partial charge in [0.05, 0.1) is 5.92 Å². The van der Waals surface area contributed by atoms with E-state index in [0.29, 0.717) is 12.8 Å². The lowest BCUT2D eigenvalue weighted by molar-refractivity contribution is -0.142. The summed E-state index contributed by atoms with van der Waals surface area (Å²) in [6.45, 7) is 5.42. The van der Waals surface area contributed by atoms with Crippen LogP contribution in [0.4, 0.5) is 4.79 Å².